The summed E-state index contributed by atoms with van der Waals surface area (Å²) in [4.78, 5) is 3.85. The van der Waals surface area contributed by atoms with Gasteiger partial charge in [-0.05, 0) is 30.4 Å². The van der Waals surface area contributed by atoms with Crippen LogP contribution in [0.25, 0.3) is 0 Å². The lowest BCUT2D eigenvalue weighted by Crippen LogP contribution is -2.17. The summed E-state index contributed by atoms with van der Waals surface area (Å²) in [5, 5.41) is 9.02. The van der Waals surface area contributed by atoms with E-state index in [1.54, 1.807) is 24.3 Å². The predicted octanol–water partition coefficient (Wildman–Crippen LogP) is 4.48. The molecular formula is C16H20F3NO. The first kappa shape index (κ1) is 17.4. The van der Waals surface area contributed by atoms with E-state index in [-0.39, 0.29) is 12.5 Å². The Labute approximate surface area is 123 Å². The molecule has 2 nitrogen and oxygen atoms in total. The zero-order chi connectivity index (χ0) is 16.0. The second kappa shape index (κ2) is 7.41. The van der Waals surface area contributed by atoms with Crippen LogP contribution in [-0.4, -0.2) is 17.0 Å². The molecule has 0 saturated carbocycles. The van der Waals surface area contributed by atoms with E-state index in [0.717, 1.165) is 6.08 Å². The van der Waals surface area contributed by atoms with Gasteiger partial charge in [-0.3, -0.25) is 0 Å². The monoisotopic (exact) mass is 299 g/mol. The smallest absolute Gasteiger partial charge is 0.392 e. The average molecular weight is 299 g/mol. The number of aliphatic hydroxyl groups excluding tert-OH is 1. The highest BCUT2D eigenvalue weighted by Gasteiger charge is 2.33. The Kier molecular flexibility index (Phi) is 6.15. The first-order valence-corrected chi connectivity index (χ1v) is 6.85. The summed E-state index contributed by atoms with van der Waals surface area (Å²) in [7, 11) is 0. The number of hydrogen-bond acceptors (Lipinski definition) is 2. The molecule has 0 fully saturated rings. The number of nitrogens with zero attached hydrogens (tertiary/aromatic N) is 1. The van der Waals surface area contributed by atoms with Crippen molar-refractivity contribution in [2.45, 2.75) is 40.0 Å². The molecule has 0 amide bonds. The normalized spacial score (nSPS) is 15.2. The lowest BCUT2D eigenvalue weighted by atomic mass is 9.95. The van der Waals surface area contributed by atoms with Crippen molar-refractivity contribution in [2.24, 2.45) is 10.9 Å². The molecule has 21 heavy (non-hydrogen) atoms. The van der Waals surface area contributed by atoms with Crippen LogP contribution in [0.15, 0.2) is 41.0 Å². The highest BCUT2D eigenvalue weighted by Crippen LogP contribution is 2.28. The number of alkyl halides is 3. The summed E-state index contributed by atoms with van der Waals surface area (Å²) in [6, 6.07) is 6.77. The van der Waals surface area contributed by atoms with E-state index in [2.05, 4.69) is 4.99 Å². The molecule has 0 saturated heterocycles. The van der Waals surface area contributed by atoms with Crippen LogP contribution in [0.4, 0.5) is 13.2 Å². The fourth-order valence-corrected chi connectivity index (χ4v) is 1.85. The quantitative estimate of drug-likeness (QED) is 0.799. The minimum absolute atomic E-state index is 0.0951. The zero-order valence-electron chi connectivity index (χ0n) is 12.4. The zero-order valence-corrected chi connectivity index (χ0v) is 12.4. The second-order valence-corrected chi connectivity index (χ2v) is 4.83. The lowest BCUT2D eigenvalue weighted by molar-refractivity contribution is -0.0924. The van der Waals surface area contributed by atoms with E-state index in [1.807, 2.05) is 13.8 Å². The number of halogens is 3. The Morgan fingerprint density at radius 3 is 2.24 bits per heavy atom. The number of aliphatic hydroxyl groups is 1. The van der Waals surface area contributed by atoms with Crippen molar-refractivity contribution in [3.63, 3.8) is 0 Å². The second-order valence-electron chi connectivity index (χ2n) is 4.83. The van der Waals surface area contributed by atoms with Crippen molar-refractivity contribution in [3.8, 4) is 0 Å². The van der Waals surface area contributed by atoms with Crippen LogP contribution in [-0.2, 0) is 6.61 Å². The molecule has 1 N–H and O–H groups in total. The van der Waals surface area contributed by atoms with Crippen LogP contribution in [0.2, 0.25) is 0 Å². The van der Waals surface area contributed by atoms with Crippen LogP contribution in [0.1, 0.15) is 38.3 Å². The minimum Gasteiger partial charge on any atom is -0.392 e. The number of rotatable bonds is 5. The van der Waals surface area contributed by atoms with Crippen LogP contribution in [0.3, 0.4) is 0 Å². The van der Waals surface area contributed by atoms with Gasteiger partial charge < -0.3 is 5.11 Å². The topological polar surface area (TPSA) is 32.6 Å². The molecule has 1 atom stereocenters. The fraction of sp³-hybridized carbons (Fsp3) is 0.438. The third-order valence-electron chi connectivity index (χ3n) is 3.32. The summed E-state index contributed by atoms with van der Waals surface area (Å²) in [6.45, 7) is 4.99. The van der Waals surface area contributed by atoms with Gasteiger partial charge in [-0.15, -0.1) is 0 Å². The Hall–Kier alpha value is -1.62. The van der Waals surface area contributed by atoms with Crippen LogP contribution in [0, 0.1) is 5.92 Å². The van der Waals surface area contributed by atoms with Crippen LogP contribution >= 0.6 is 0 Å². The number of allylic oxidation sites excluding steroid dienone is 2. The molecule has 1 unspecified atom stereocenters. The van der Waals surface area contributed by atoms with Gasteiger partial charge in [0.25, 0.3) is 0 Å². The van der Waals surface area contributed by atoms with Gasteiger partial charge in [0.2, 0.25) is 0 Å². The molecule has 0 bridgehead atoms. The van der Waals surface area contributed by atoms with Gasteiger partial charge in [-0.25, -0.2) is 4.99 Å². The molecule has 0 aromatic heterocycles. The molecule has 0 aliphatic heterocycles. The van der Waals surface area contributed by atoms with Gasteiger partial charge in [-0.1, -0.05) is 44.2 Å². The Morgan fingerprint density at radius 2 is 1.86 bits per heavy atom. The van der Waals surface area contributed by atoms with Crippen LogP contribution in [0.5, 0.6) is 0 Å². The first-order chi connectivity index (χ1) is 9.83. The molecule has 5 heteroatoms. The summed E-state index contributed by atoms with van der Waals surface area (Å²) in [5.41, 5.74) is 0.880. The van der Waals surface area contributed by atoms with Crippen molar-refractivity contribution in [2.75, 3.05) is 0 Å². The van der Waals surface area contributed by atoms with Crippen molar-refractivity contribution in [1.29, 1.82) is 0 Å². The summed E-state index contributed by atoms with van der Waals surface area (Å²) in [5.74, 6) is -0.0951. The van der Waals surface area contributed by atoms with Gasteiger partial charge in [-0.2, -0.15) is 13.2 Å². The molecule has 0 aliphatic carbocycles. The van der Waals surface area contributed by atoms with Gasteiger partial charge in [0.1, 0.15) is 5.70 Å². The third kappa shape index (κ3) is 4.70. The van der Waals surface area contributed by atoms with E-state index in [9.17, 15) is 13.2 Å². The van der Waals surface area contributed by atoms with Gasteiger partial charge in [0.05, 0.1) is 12.3 Å². The van der Waals surface area contributed by atoms with E-state index >= 15 is 0 Å². The van der Waals surface area contributed by atoms with E-state index < -0.39 is 11.9 Å². The Morgan fingerprint density at radius 1 is 1.29 bits per heavy atom. The highest BCUT2D eigenvalue weighted by molar-refractivity contribution is 6.02. The number of benzene rings is 1. The Balaban J connectivity index is 3.28. The van der Waals surface area contributed by atoms with Crippen molar-refractivity contribution < 1.29 is 18.3 Å². The maximum atomic E-state index is 12.9. The van der Waals surface area contributed by atoms with E-state index in [0.29, 0.717) is 23.3 Å². The average Bonchev–Trinajstić information content (AvgIpc) is 2.46. The number of hydrogen-bond donors (Lipinski definition) is 1. The van der Waals surface area contributed by atoms with E-state index in [1.165, 1.54) is 6.92 Å². The molecule has 116 valence electrons. The van der Waals surface area contributed by atoms with Gasteiger partial charge >= 0.3 is 6.18 Å². The summed E-state index contributed by atoms with van der Waals surface area (Å²) in [6.07, 6.45) is -2.79. The van der Waals surface area contributed by atoms with E-state index in [4.69, 9.17) is 5.11 Å². The highest BCUT2D eigenvalue weighted by atomic mass is 19.4. The molecular weight excluding hydrogens is 279 g/mol. The summed E-state index contributed by atoms with van der Waals surface area (Å²) >= 11 is 0. The minimum atomic E-state index is -4.46. The maximum absolute atomic E-state index is 12.9. The van der Waals surface area contributed by atoms with Crippen molar-refractivity contribution >= 4 is 5.71 Å². The third-order valence-corrected chi connectivity index (χ3v) is 3.32. The molecule has 1 aromatic carbocycles. The Bertz CT molecular complexity index is 515. The van der Waals surface area contributed by atoms with Gasteiger partial charge in [0, 0.05) is 0 Å². The van der Waals surface area contributed by atoms with Crippen molar-refractivity contribution in [1.82, 2.24) is 0 Å². The predicted molar refractivity (Wildman–Crippen MR) is 78.2 cm³/mol. The fourth-order valence-electron chi connectivity index (χ4n) is 1.85. The SMILES string of the molecule is C/C=C(\N=C(c1ccc(CO)cc1)C(C)CC)C(F)(F)F. The first-order valence-electron chi connectivity index (χ1n) is 6.85. The molecule has 1 aromatic rings. The van der Waals surface area contributed by atoms with Crippen molar-refractivity contribution in [3.05, 3.63) is 47.2 Å². The molecule has 0 spiro atoms. The lowest BCUT2D eigenvalue weighted by Gasteiger charge is -2.16. The number of aliphatic imine (C=N–C) groups is 1. The molecule has 0 radical (unpaired) electrons. The maximum Gasteiger partial charge on any atom is 0.433 e. The van der Waals surface area contributed by atoms with Crippen LogP contribution < -0.4 is 0 Å². The van der Waals surface area contributed by atoms with Gasteiger partial charge in [0.15, 0.2) is 0 Å². The molecule has 0 aliphatic rings. The summed E-state index contributed by atoms with van der Waals surface area (Å²) < 4.78 is 38.6. The molecule has 1 rings (SSSR count). The largest absolute Gasteiger partial charge is 0.433 e. The molecule has 0 heterocycles. The standard InChI is InChI=1S/C16H20F3NO/c1-4-11(3)15(20-14(5-2)16(17,18)19)13-8-6-12(10-21)7-9-13/h5-9,11,21H,4,10H2,1-3H3/b14-5-,20-15?.